The predicted molar refractivity (Wildman–Crippen MR) is 70.4 cm³/mol. The molecule has 0 bridgehead atoms. The second kappa shape index (κ2) is 5.40. The second-order valence-corrected chi connectivity index (χ2v) is 4.99. The van der Waals surface area contributed by atoms with Crippen molar-refractivity contribution in [2.75, 3.05) is 13.7 Å². The Bertz CT molecular complexity index is 510. The quantitative estimate of drug-likeness (QED) is 0.844. The molecular formula is C13H13BrN2O2. The van der Waals surface area contributed by atoms with Crippen LogP contribution in [-0.4, -0.2) is 30.5 Å². The van der Waals surface area contributed by atoms with E-state index in [1.165, 1.54) is 0 Å². The summed E-state index contributed by atoms with van der Waals surface area (Å²) in [5.74, 6) is 0.590. The van der Waals surface area contributed by atoms with Gasteiger partial charge < -0.3 is 9.64 Å². The molecule has 1 saturated heterocycles. The van der Waals surface area contributed by atoms with Crippen molar-refractivity contribution in [3.05, 3.63) is 28.2 Å². The first-order chi connectivity index (χ1) is 8.67. The number of benzene rings is 1. The van der Waals surface area contributed by atoms with Gasteiger partial charge in [0.25, 0.3) is 5.91 Å². The number of carbonyl (C=O) groups is 1. The number of nitrogens with zero attached hydrogens (tertiary/aromatic N) is 2. The van der Waals surface area contributed by atoms with Gasteiger partial charge >= 0.3 is 0 Å². The summed E-state index contributed by atoms with van der Waals surface area (Å²) in [6.07, 6.45) is 1.65. The Morgan fingerprint density at radius 3 is 3.00 bits per heavy atom. The number of likely N-dealkylation sites (tertiary alicyclic amines) is 1. The van der Waals surface area contributed by atoms with Crippen molar-refractivity contribution < 1.29 is 9.53 Å². The molecule has 94 valence electrons. The third kappa shape index (κ3) is 2.34. The molecule has 1 aromatic rings. The van der Waals surface area contributed by atoms with E-state index in [0.717, 1.165) is 17.3 Å². The highest BCUT2D eigenvalue weighted by atomic mass is 79.9. The van der Waals surface area contributed by atoms with E-state index < -0.39 is 0 Å². The van der Waals surface area contributed by atoms with Gasteiger partial charge in [0.1, 0.15) is 11.8 Å². The summed E-state index contributed by atoms with van der Waals surface area (Å²) in [7, 11) is 1.58. The number of amides is 1. The lowest BCUT2D eigenvalue weighted by atomic mass is 10.1. The third-order valence-electron chi connectivity index (χ3n) is 3.06. The van der Waals surface area contributed by atoms with Crippen molar-refractivity contribution in [2.24, 2.45) is 0 Å². The molecule has 0 radical (unpaired) electrons. The Hall–Kier alpha value is -1.54. The van der Waals surface area contributed by atoms with Gasteiger partial charge in [-0.05, 0) is 47.0 Å². The van der Waals surface area contributed by atoms with Crippen LogP contribution in [-0.2, 0) is 0 Å². The molecule has 1 unspecified atom stereocenters. The van der Waals surface area contributed by atoms with Crippen LogP contribution in [0.2, 0.25) is 0 Å². The number of nitriles is 1. The molecule has 1 aliphatic heterocycles. The maximum Gasteiger partial charge on any atom is 0.254 e. The van der Waals surface area contributed by atoms with Gasteiger partial charge in [-0.3, -0.25) is 4.79 Å². The zero-order valence-corrected chi connectivity index (χ0v) is 11.6. The van der Waals surface area contributed by atoms with Gasteiger partial charge in [-0.15, -0.1) is 0 Å². The van der Waals surface area contributed by atoms with Gasteiger partial charge in [-0.2, -0.15) is 5.26 Å². The molecule has 0 spiro atoms. The molecule has 0 saturated carbocycles. The summed E-state index contributed by atoms with van der Waals surface area (Å²) in [6, 6.07) is 7.07. The first-order valence-electron chi connectivity index (χ1n) is 5.71. The largest absolute Gasteiger partial charge is 0.496 e. The van der Waals surface area contributed by atoms with Crippen molar-refractivity contribution in [1.29, 1.82) is 5.26 Å². The van der Waals surface area contributed by atoms with Gasteiger partial charge in [0.05, 0.1) is 17.7 Å². The van der Waals surface area contributed by atoms with Gasteiger partial charge in [0.15, 0.2) is 0 Å². The maximum absolute atomic E-state index is 12.3. The molecule has 0 aliphatic carbocycles. The van der Waals surface area contributed by atoms with Crippen LogP contribution in [0, 0.1) is 11.3 Å². The van der Waals surface area contributed by atoms with E-state index >= 15 is 0 Å². The normalized spacial score (nSPS) is 18.5. The third-order valence-corrected chi connectivity index (χ3v) is 3.68. The van der Waals surface area contributed by atoms with E-state index in [-0.39, 0.29) is 11.9 Å². The van der Waals surface area contributed by atoms with Crippen molar-refractivity contribution in [3.8, 4) is 11.8 Å². The van der Waals surface area contributed by atoms with E-state index in [0.29, 0.717) is 17.9 Å². The SMILES string of the molecule is COc1ccc(C(=O)N2CCCC2C#N)cc1Br. The van der Waals surface area contributed by atoms with Gasteiger partial charge in [0, 0.05) is 12.1 Å². The van der Waals surface area contributed by atoms with E-state index in [1.807, 2.05) is 0 Å². The fraction of sp³-hybridized carbons (Fsp3) is 0.385. The van der Waals surface area contributed by atoms with Crippen LogP contribution in [0.5, 0.6) is 5.75 Å². The van der Waals surface area contributed by atoms with Crippen LogP contribution in [0.1, 0.15) is 23.2 Å². The minimum atomic E-state index is -0.293. The molecule has 4 nitrogen and oxygen atoms in total. The van der Waals surface area contributed by atoms with E-state index in [2.05, 4.69) is 22.0 Å². The highest BCUT2D eigenvalue weighted by molar-refractivity contribution is 9.10. The highest BCUT2D eigenvalue weighted by Crippen LogP contribution is 2.27. The van der Waals surface area contributed by atoms with Crippen molar-refractivity contribution in [1.82, 2.24) is 4.90 Å². The maximum atomic E-state index is 12.3. The number of carbonyl (C=O) groups excluding carboxylic acids is 1. The van der Waals surface area contributed by atoms with Crippen molar-refractivity contribution in [2.45, 2.75) is 18.9 Å². The summed E-state index contributed by atoms with van der Waals surface area (Å²) >= 11 is 3.36. The number of ether oxygens (including phenoxy) is 1. The molecular weight excluding hydrogens is 296 g/mol. The Kier molecular flexibility index (Phi) is 3.87. The minimum Gasteiger partial charge on any atom is -0.496 e. The molecule has 1 atom stereocenters. The van der Waals surface area contributed by atoms with Crippen LogP contribution >= 0.6 is 15.9 Å². The number of halogens is 1. The van der Waals surface area contributed by atoms with E-state index in [1.54, 1.807) is 30.2 Å². The van der Waals surface area contributed by atoms with Crippen LogP contribution in [0.15, 0.2) is 22.7 Å². The Balaban J connectivity index is 2.24. The smallest absolute Gasteiger partial charge is 0.254 e. The molecule has 0 N–H and O–H groups in total. The summed E-state index contributed by atoms with van der Waals surface area (Å²) in [5.41, 5.74) is 0.574. The summed E-state index contributed by atoms with van der Waals surface area (Å²) in [4.78, 5) is 13.9. The summed E-state index contributed by atoms with van der Waals surface area (Å²) in [6.45, 7) is 0.653. The number of methoxy groups -OCH3 is 1. The number of rotatable bonds is 2. The zero-order valence-electron chi connectivity index (χ0n) is 10.0. The number of hydrogen-bond acceptors (Lipinski definition) is 3. The van der Waals surface area contributed by atoms with Crippen LogP contribution < -0.4 is 4.74 Å². The van der Waals surface area contributed by atoms with Gasteiger partial charge in [-0.1, -0.05) is 0 Å². The van der Waals surface area contributed by atoms with Gasteiger partial charge in [-0.25, -0.2) is 0 Å². The lowest BCUT2D eigenvalue weighted by Gasteiger charge is -2.19. The van der Waals surface area contributed by atoms with Crippen molar-refractivity contribution in [3.63, 3.8) is 0 Å². The van der Waals surface area contributed by atoms with Gasteiger partial charge in [0.2, 0.25) is 0 Å². The molecule has 2 rings (SSSR count). The minimum absolute atomic E-state index is 0.0950. The standard InChI is InChI=1S/C13H13BrN2O2/c1-18-12-5-4-9(7-11(12)14)13(17)16-6-2-3-10(16)8-15/h4-5,7,10H,2-3,6H2,1H3. The average molecular weight is 309 g/mol. The fourth-order valence-electron chi connectivity index (χ4n) is 2.11. The monoisotopic (exact) mass is 308 g/mol. The first-order valence-corrected chi connectivity index (χ1v) is 6.51. The number of hydrogen-bond donors (Lipinski definition) is 0. The second-order valence-electron chi connectivity index (χ2n) is 4.13. The van der Waals surface area contributed by atoms with Crippen LogP contribution in [0.25, 0.3) is 0 Å². The van der Waals surface area contributed by atoms with Crippen molar-refractivity contribution >= 4 is 21.8 Å². The Morgan fingerprint density at radius 1 is 1.61 bits per heavy atom. The molecule has 18 heavy (non-hydrogen) atoms. The van der Waals surface area contributed by atoms with Crippen LogP contribution in [0.3, 0.4) is 0 Å². The molecule has 0 aromatic heterocycles. The molecule has 5 heteroatoms. The summed E-state index contributed by atoms with van der Waals surface area (Å²) < 4.78 is 5.86. The molecule has 1 fully saturated rings. The van der Waals surface area contributed by atoms with E-state index in [9.17, 15) is 4.79 Å². The Morgan fingerprint density at radius 2 is 2.39 bits per heavy atom. The zero-order chi connectivity index (χ0) is 13.1. The molecule has 1 heterocycles. The average Bonchev–Trinajstić information content (AvgIpc) is 2.86. The molecule has 1 aromatic carbocycles. The lowest BCUT2D eigenvalue weighted by Crippen LogP contribution is -2.34. The van der Waals surface area contributed by atoms with Crippen LogP contribution in [0.4, 0.5) is 0 Å². The Labute approximate surface area is 114 Å². The molecule has 1 aliphatic rings. The molecule has 1 amide bonds. The summed E-state index contributed by atoms with van der Waals surface area (Å²) in [5, 5.41) is 9.00. The fourth-order valence-corrected chi connectivity index (χ4v) is 2.65. The lowest BCUT2D eigenvalue weighted by molar-refractivity contribution is 0.0765. The van der Waals surface area contributed by atoms with E-state index in [4.69, 9.17) is 10.00 Å². The highest BCUT2D eigenvalue weighted by Gasteiger charge is 2.29. The first kappa shape index (κ1) is 12.9. The predicted octanol–water partition coefficient (Wildman–Crippen LogP) is 2.59. The topological polar surface area (TPSA) is 53.3 Å².